The lowest BCUT2D eigenvalue weighted by Gasteiger charge is -2.21. The second kappa shape index (κ2) is 8.39. The van der Waals surface area contributed by atoms with Gasteiger partial charge >= 0.3 is 0 Å². The van der Waals surface area contributed by atoms with Gasteiger partial charge in [0.25, 0.3) is 0 Å². The summed E-state index contributed by atoms with van der Waals surface area (Å²) < 4.78 is 5.46. The van der Waals surface area contributed by atoms with Crippen molar-refractivity contribution in [2.24, 2.45) is 5.92 Å². The van der Waals surface area contributed by atoms with Gasteiger partial charge in [-0.2, -0.15) is 0 Å². The number of rotatable bonds is 8. The van der Waals surface area contributed by atoms with Crippen LogP contribution in [0.25, 0.3) is 0 Å². The van der Waals surface area contributed by atoms with Gasteiger partial charge in [0.1, 0.15) is 6.10 Å². The molecular weight excluding hydrogens is 290 g/mol. The minimum absolute atomic E-state index is 0.000902. The van der Waals surface area contributed by atoms with Gasteiger partial charge in [0.05, 0.1) is 5.92 Å². The first-order chi connectivity index (χ1) is 11.1. The van der Waals surface area contributed by atoms with Gasteiger partial charge in [0.15, 0.2) is 0 Å². The molecule has 23 heavy (non-hydrogen) atoms. The summed E-state index contributed by atoms with van der Waals surface area (Å²) in [5.41, 5.74) is 8.63. The summed E-state index contributed by atoms with van der Waals surface area (Å²) in [6.07, 6.45) is 3.34. The summed E-state index contributed by atoms with van der Waals surface area (Å²) in [6, 6.07) is 11.7. The predicted octanol–water partition coefficient (Wildman–Crippen LogP) is 2.67. The molecule has 2 atom stereocenters. The molecule has 0 aliphatic carbocycles. The van der Waals surface area contributed by atoms with E-state index in [2.05, 4.69) is 10.3 Å². The van der Waals surface area contributed by atoms with Crippen molar-refractivity contribution in [2.45, 2.75) is 25.9 Å². The maximum Gasteiger partial charge on any atom is 0.225 e. The van der Waals surface area contributed by atoms with Gasteiger partial charge in [0, 0.05) is 31.2 Å². The van der Waals surface area contributed by atoms with Crippen LogP contribution in [-0.4, -0.2) is 24.5 Å². The minimum atomic E-state index is -0.265. The second-order valence-corrected chi connectivity index (χ2v) is 5.71. The fourth-order valence-electron chi connectivity index (χ4n) is 2.67. The van der Waals surface area contributed by atoms with E-state index in [9.17, 15) is 4.79 Å². The number of aromatic nitrogens is 1. The van der Waals surface area contributed by atoms with Gasteiger partial charge in [0.2, 0.25) is 5.91 Å². The van der Waals surface area contributed by atoms with Crippen LogP contribution in [0.5, 0.6) is 0 Å². The standard InChI is InChI=1S/C18H25N3O2/c1-13(17(23-2)16-9-5-10-20-16)18(22)21-11-4-7-14-6-3-8-15(19)12-14/h3,5-6,8-10,12-13,17,20H,4,7,11,19H2,1-2H3,(H,21,22)/t13-,17-/m1/s1. The van der Waals surface area contributed by atoms with E-state index < -0.39 is 0 Å². The molecule has 0 saturated heterocycles. The van der Waals surface area contributed by atoms with Crippen molar-refractivity contribution in [3.63, 3.8) is 0 Å². The number of hydrogen-bond donors (Lipinski definition) is 3. The monoisotopic (exact) mass is 315 g/mol. The molecule has 0 spiro atoms. The summed E-state index contributed by atoms with van der Waals surface area (Å²) in [5, 5.41) is 2.98. The molecule has 1 aromatic carbocycles. The van der Waals surface area contributed by atoms with Crippen LogP contribution in [0.4, 0.5) is 5.69 Å². The molecule has 5 heteroatoms. The van der Waals surface area contributed by atoms with Crippen LogP contribution in [0.3, 0.4) is 0 Å². The van der Waals surface area contributed by atoms with Crippen LogP contribution in [0.15, 0.2) is 42.6 Å². The maximum absolute atomic E-state index is 12.3. The third-order valence-corrected chi connectivity index (χ3v) is 3.94. The highest BCUT2D eigenvalue weighted by Crippen LogP contribution is 2.24. The first kappa shape index (κ1) is 17.1. The Morgan fingerprint density at radius 3 is 2.83 bits per heavy atom. The summed E-state index contributed by atoms with van der Waals surface area (Å²) >= 11 is 0. The number of hydrogen-bond acceptors (Lipinski definition) is 3. The van der Waals surface area contributed by atoms with Crippen LogP contribution < -0.4 is 11.1 Å². The summed E-state index contributed by atoms with van der Waals surface area (Å²) in [6.45, 7) is 2.52. The number of anilines is 1. The number of nitrogen functional groups attached to an aromatic ring is 1. The van der Waals surface area contributed by atoms with Crippen LogP contribution in [0.1, 0.15) is 30.7 Å². The summed E-state index contributed by atoms with van der Waals surface area (Å²) in [7, 11) is 1.62. The molecule has 0 unspecified atom stereocenters. The molecule has 4 N–H and O–H groups in total. The van der Waals surface area contributed by atoms with E-state index in [4.69, 9.17) is 10.5 Å². The Kier molecular flexibility index (Phi) is 6.23. The molecule has 124 valence electrons. The molecule has 0 bridgehead atoms. The number of methoxy groups -OCH3 is 1. The number of aromatic amines is 1. The number of carbonyl (C=O) groups excluding carboxylic acids is 1. The highest BCUT2D eigenvalue weighted by atomic mass is 16.5. The van der Waals surface area contributed by atoms with E-state index in [0.29, 0.717) is 6.54 Å². The Morgan fingerprint density at radius 2 is 2.17 bits per heavy atom. The van der Waals surface area contributed by atoms with E-state index >= 15 is 0 Å². The molecule has 0 aliphatic rings. The Bertz CT molecular complexity index is 610. The lowest BCUT2D eigenvalue weighted by molar-refractivity contribution is -0.129. The van der Waals surface area contributed by atoms with Crippen molar-refractivity contribution in [1.82, 2.24) is 10.3 Å². The first-order valence-electron chi connectivity index (χ1n) is 7.90. The molecule has 0 aliphatic heterocycles. The van der Waals surface area contributed by atoms with Crippen molar-refractivity contribution >= 4 is 11.6 Å². The number of aryl methyl sites for hydroxylation is 1. The van der Waals surface area contributed by atoms with Crippen LogP contribution >= 0.6 is 0 Å². The van der Waals surface area contributed by atoms with E-state index in [1.807, 2.05) is 49.5 Å². The third kappa shape index (κ3) is 4.86. The van der Waals surface area contributed by atoms with Gasteiger partial charge in [-0.15, -0.1) is 0 Å². The highest BCUT2D eigenvalue weighted by molar-refractivity contribution is 5.79. The Morgan fingerprint density at radius 1 is 1.35 bits per heavy atom. The van der Waals surface area contributed by atoms with Crippen molar-refractivity contribution in [1.29, 1.82) is 0 Å². The zero-order chi connectivity index (χ0) is 16.7. The molecule has 1 heterocycles. The summed E-state index contributed by atoms with van der Waals surface area (Å²) in [5.74, 6) is -0.259. The Labute approximate surface area is 137 Å². The van der Waals surface area contributed by atoms with Crippen LogP contribution in [0, 0.1) is 5.92 Å². The number of nitrogens with one attached hydrogen (secondary N) is 2. The number of carbonyl (C=O) groups is 1. The fourth-order valence-corrected chi connectivity index (χ4v) is 2.67. The van der Waals surface area contributed by atoms with Gasteiger partial charge in [-0.3, -0.25) is 4.79 Å². The van der Waals surface area contributed by atoms with E-state index in [1.54, 1.807) is 7.11 Å². The molecule has 0 saturated carbocycles. The topological polar surface area (TPSA) is 80.1 Å². The molecule has 0 radical (unpaired) electrons. The lowest BCUT2D eigenvalue weighted by Crippen LogP contribution is -2.34. The first-order valence-corrected chi connectivity index (χ1v) is 7.90. The second-order valence-electron chi connectivity index (χ2n) is 5.71. The molecule has 5 nitrogen and oxygen atoms in total. The van der Waals surface area contributed by atoms with Gasteiger partial charge in [-0.05, 0) is 42.7 Å². The summed E-state index contributed by atoms with van der Waals surface area (Å²) in [4.78, 5) is 15.4. The maximum atomic E-state index is 12.3. The quantitative estimate of drug-likeness (QED) is 0.517. The Hall–Kier alpha value is -2.27. The Balaban J connectivity index is 1.77. The lowest BCUT2D eigenvalue weighted by atomic mass is 10.0. The fraction of sp³-hybridized carbons (Fsp3) is 0.389. The normalized spacial score (nSPS) is 13.5. The molecule has 2 rings (SSSR count). The molecular formula is C18H25N3O2. The van der Waals surface area contributed by atoms with Gasteiger partial charge in [-0.25, -0.2) is 0 Å². The number of amides is 1. The predicted molar refractivity (Wildman–Crippen MR) is 91.9 cm³/mol. The zero-order valence-electron chi connectivity index (χ0n) is 13.7. The number of H-pyrrole nitrogens is 1. The van der Waals surface area contributed by atoms with Gasteiger partial charge in [-0.1, -0.05) is 19.1 Å². The smallest absolute Gasteiger partial charge is 0.225 e. The average Bonchev–Trinajstić information content (AvgIpc) is 3.06. The SMILES string of the molecule is CO[C@@H](c1ccc[nH]1)[C@@H](C)C(=O)NCCCc1cccc(N)c1. The highest BCUT2D eigenvalue weighted by Gasteiger charge is 2.25. The molecule has 2 aromatic rings. The van der Waals surface area contributed by atoms with Crippen LogP contribution in [-0.2, 0) is 16.0 Å². The van der Waals surface area contributed by atoms with Crippen molar-refractivity contribution in [2.75, 3.05) is 19.4 Å². The van der Waals surface area contributed by atoms with E-state index in [-0.39, 0.29) is 17.9 Å². The van der Waals surface area contributed by atoms with Crippen molar-refractivity contribution in [3.05, 3.63) is 53.9 Å². The number of benzene rings is 1. The number of ether oxygens (including phenoxy) is 1. The van der Waals surface area contributed by atoms with Gasteiger partial charge < -0.3 is 20.8 Å². The minimum Gasteiger partial charge on any atom is -0.399 e. The van der Waals surface area contributed by atoms with E-state index in [1.165, 1.54) is 5.56 Å². The van der Waals surface area contributed by atoms with Crippen LogP contribution in [0.2, 0.25) is 0 Å². The number of nitrogens with two attached hydrogens (primary N) is 1. The van der Waals surface area contributed by atoms with Crippen molar-refractivity contribution in [3.8, 4) is 0 Å². The molecule has 1 amide bonds. The van der Waals surface area contributed by atoms with Crippen molar-refractivity contribution < 1.29 is 9.53 Å². The largest absolute Gasteiger partial charge is 0.399 e. The average molecular weight is 315 g/mol. The zero-order valence-corrected chi connectivity index (χ0v) is 13.7. The third-order valence-electron chi connectivity index (χ3n) is 3.94. The molecule has 0 fully saturated rings. The van der Waals surface area contributed by atoms with E-state index in [0.717, 1.165) is 24.2 Å². The molecule has 1 aromatic heterocycles.